The molecule has 0 saturated heterocycles. The standard InChI is InChI=1S/C24H22FN3O/c1-28-16-21(19-7-3-5-9-23(19)28)20(18-6-2-4-8-22(18)25)14-24(29)27-15-17-10-12-26-13-11-17/h2-13,16,20H,14-15H2,1H3,(H,27,29)/t20-/m0/s1. The van der Waals surface area contributed by atoms with Gasteiger partial charge in [0, 0.05) is 55.4 Å². The minimum atomic E-state index is -0.375. The number of amides is 1. The van der Waals surface area contributed by atoms with Crippen LogP contribution in [0.15, 0.2) is 79.3 Å². The van der Waals surface area contributed by atoms with Gasteiger partial charge in [-0.3, -0.25) is 9.78 Å². The molecule has 1 N–H and O–H groups in total. The van der Waals surface area contributed by atoms with Gasteiger partial charge >= 0.3 is 0 Å². The number of aromatic nitrogens is 2. The summed E-state index contributed by atoms with van der Waals surface area (Å²) in [6, 6.07) is 18.4. The van der Waals surface area contributed by atoms with Gasteiger partial charge in [-0.2, -0.15) is 0 Å². The van der Waals surface area contributed by atoms with E-state index in [0.29, 0.717) is 12.1 Å². The van der Waals surface area contributed by atoms with Gasteiger partial charge in [-0.05, 0) is 41.0 Å². The Labute approximate surface area is 169 Å². The van der Waals surface area contributed by atoms with E-state index in [9.17, 15) is 9.18 Å². The molecule has 0 aliphatic rings. The summed E-state index contributed by atoms with van der Waals surface area (Å²) >= 11 is 0. The van der Waals surface area contributed by atoms with Crippen molar-refractivity contribution in [1.82, 2.24) is 14.9 Å². The van der Waals surface area contributed by atoms with Crippen molar-refractivity contribution in [3.8, 4) is 0 Å². The van der Waals surface area contributed by atoms with Gasteiger partial charge in [-0.15, -0.1) is 0 Å². The van der Waals surface area contributed by atoms with Crippen LogP contribution in [0.2, 0.25) is 0 Å². The van der Waals surface area contributed by atoms with Crippen molar-refractivity contribution < 1.29 is 9.18 Å². The average Bonchev–Trinajstić information content (AvgIpc) is 3.09. The summed E-state index contributed by atoms with van der Waals surface area (Å²) in [7, 11) is 1.97. The summed E-state index contributed by atoms with van der Waals surface area (Å²) in [6.07, 6.45) is 5.55. The van der Waals surface area contributed by atoms with Crippen LogP contribution in [-0.4, -0.2) is 15.5 Å². The summed E-state index contributed by atoms with van der Waals surface area (Å²) in [5, 5.41) is 3.98. The Hall–Kier alpha value is -3.47. The highest BCUT2D eigenvalue weighted by Gasteiger charge is 2.24. The molecular weight excluding hydrogens is 365 g/mol. The van der Waals surface area contributed by atoms with Crippen molar-refractivity contribution in [2.24, 2.45) is 7.05 Å². The second-order valence-electron chi connectivity index (χ2n) is 7.12. The molecule has 0 bridgehead atoms. The molecule has 29 heavy (non-hydrogen) atoms. The molecule has 4 nitrogen and oxygen atoms in total. The van der Waals surface area contributed by atoms with E-state index < -0.39 is 0 Å². The van der Waals surface area contributed by atoms with Crippen LogP contribution in [0.25, 0.3) is 10.9 Å². The maximum atomic E-state index is 14.7. The summed E-state index contributed by atoms with van der Waals surface area (Å²) < 4.78 is 16.7. The highest BCUT2D eigenvalue weighted by atomic mass is 19.1. The molecule has 0 aliphatic carbocycles. The van der Waals surface area contributed by atoms with E-state index in [1.165, 1.54) is 6.07 Å². The largest absolute Gasteiger partial charge is 0.352 e. The van der Waals surface area contributed by atoms with Crippen molar-refractivity contribution in [3.63, 3.8) is 0 Å². The lowest BCUT2D eigenvalue weighted by Gasteiger charge is -2.18. The van der Waals surface area contributed by atoms with Gasteiger partial charge in [0.25, 0.3) is 0 Å². The molecular formula is C24H22FN3O. The highest BCUT2D eigenvalue weighted by molar-refractivity contribution is 5.86. The van der Waals surface area contributed by atoms with Gasteiger partial charge in [0.15, 0.2) is 0 Å². The van der Waals surface area contributed by atoms with Crippen LogP contribution in [0.4, 0.5) is 4.39 Å². The number of nitrogens with zero attached hydrogens (tertiary/aromatic N) is 2. The number of aryl methyl sites for hydroxylation is 1. The SMILES string of the molecule is Cn1cc([C@@H](CC(=O)NCc2ccncc2)c2ccccc2F)c2ccccc21. The van der Waals surface area contributed by atoms with Crippen LogP contribution in [0.1, 0.15) is 29.0 Å². The summed E-state index contributed by atoms with van der Waals surface area (Å²) in [5.74, 6) is -0.796. The first-order chi connectivity index (χ1) is 14.1. The van der Waals surface area contributed by atoms with Crippen LogP contribution in [0.5, 0.6) is 0 Å². The third-order valence-electron chi connectivity index (χ3n) is 5.21. The Morgan fingerprint density at radius 1 is 1.03 bits per heavy atom. The van der Waals surface area contributed by atoms with Gasteiger partial charge in [0.05, 0.1) is 0 Å². The zero-order chi connectivity index (χ0) is 20.2. The molecule has 0 saturated carbocycles. The maximum Gasteiger partial charge on any atom is 0.221 e. The predicted molar refractivity (Wildman–Crippen MR) is 112 cm³/mol. The second kappa shape index (κ2) is 8.27. The topological polar surface area (TPSA) is 46.9 Å². The second-order valence-corrected chi connectivity index (χ2v) is 7.12. The Morgan fingerprint density at radius 3 is 2.55 bits per heavy atom. The molecule has 2 heterocycles. The van der Waals surface area contributed by atoms with Crippen LogP contribution in [-0.2, 0) is 18.4 Å². The third-order valence-corrected chi connectivity index (χ3v) is 5.21. The fraction of sp³-hybridized carbons (Fsp3) is 0.167. The zero-order valence-corrected chi connectivity index (χ0v) is 16.2. The Bertz CT molecular complexity index is 1140. The minimum absolute atomic E-state index is 0.122. The number of hydrogen-bond acceptors (Lipinski definition) is 2. The van der Waals surface area contributed by atoms with E-state index in [0.717, 1.165) is 22.0 Å². The summed E-state index contributed by atoms with van der Waals surface area (Å²) in [4.78, 5) is 16.8. The van der Waals surface area contributed by atoms with Crippen molar-refractivity contribution in [2.45, 2.75) is 18.9 Å². The lowest BCUT2D eigenvalue weighted by atomic mass is 9.87. The van der Waals surface area contributed by atoms with Gasteiger partial charge in [-0.25, -0.2) is 4.39 Å². The first kappa shape index (κ1) is 18.9. The average molecular weight is 387 g/mol. The number of nitrogens with one attached hydrogen (secondary N) is 1. The molecule has 1 amide bonds. The smallest absolute Gasteiger partial charge is 0.221 e. The molecule has 4 rings (SSSR count). The molecule has 146 valence electrons. The first-order valence-electron chi connectivity index (χ1n) is 9.57. The van der Waals surface area contributed by atoms with Crippen LogP contribution >= 0.6 is 0 Å². The van der Waals surface area contributed by atoms with Gasteiger partial charge in [0.2, 0.25) is 5.91 Å². The van der Waals surface area contributed by atoms with Crippen LogP contribution < -0.4 is 5.32 Å². The van der Waals surface area contributed by atoms with E-state index in [2.05, 4.69) is 10.3 Å². The van der Waals surface area contributed by atoms with Gasteiger partial charge < -0.3 is 9.88 Å². The molecule has 4 aromatic rings. The number of fused-ring (bicyclic) bond motifs is 1. The monoisotopic (exact) mass is 387 g/mol. The molecule has 2 aromatic heterocycles. The minimum Gasteiger partial charge on any atom is -0.352 e. The number of carbonyl (C=O) groups is 1. The van der Waals surface area contributed by atoms with Crippen LogP contribution in [0.3, 0.4) is 0 Å². The predicted octanol–water partition coefficient (Wildman–Crippen LogP) is 4.55. The van der Waals surface area contributed by atoms with Crippen molar-refractivity contribution in [2.75, 3.05) is 0 Å². The number of hydrogen-bond donors (Lipinski definition) is 1. The van der Waals surface area contributed by atoms with Crippen molar-refractivity contribution in [1.29, 1.82) is 0 Å². The Morgan fingerprint density at radius 2 is 1.76 bits per heavy atom. The molecule has 0 aliphatic heterocycles. The lowest BCUT2D eigenvalue weighted by Crippen LogP contribution is -2.25. The van der Waals surface area contributed by atoms with Gasteiger partial charge in [-0.1, -0.05) is 36.4 Å². The number of benzene rings is 2. The molecule has 0 fully saturated rings. The van der Waals surface area contributed by atoms with Gasteiger partial charge in [0.1, 0.15) is 5.82 Å². The number of halogens is 1. The fourth-order valence-electron chi connectivity index (χ4n) is 3.75. The maximum absolute atomic E-state index is 14.7. The normalized spacial score (nSPS) is 12.1. The van der Waals surface area contributed by atoms with E-state index in [4.69, 9.17) is 0 Å². The molecule has 5 heteroatoms. The molecule has 0 radical (unpaired) electrons. The summed E-state index contributed by atoms with van der Waals surface area (Å²) in [5.41, 5.74) is 3.51. The number of rotatable bonds is 6. The fourth-order valence-corrected chi connectivity index (χ4v) is 3.75. The number of para-hydroxylation sites is 1. The number of carbonyl (C=O) groups excluding carboxylic acids is 1. The third kappa shape index (κ3) is 4.04. The number of pyridine rings is 1. The molecule has 1 atom stereocenters. The van der Waals surface area contributed by atoms with Crippen LogP contribution in [0, 0.1) is 5.82 Å². The van der Waals surface area contributed by atoms with E-state index in [-0.39, 0.29) is 24.1 Å². The van der Waals surface area contributed by atoms with Crippen molar-refractivity contribution in [3.05, 3.63) is 102 Å². The van der Waals surface area contributed by atoms with E-state index in [1.54, 1.807) is 24.5 Å². The Kier molecular flexibility index (Phi) is 5.38. The van der Waals surface area contributed by atoms with E-state index in [1.807, 2.05) is 60.3 Å². The Balaban J connectivity index is 1.66. The van der Waals surface area contributed by atoms with E-state index >= 15 is 0 Å². The van der Waals surface area contributed by atoms with Crippen molar-refractivity contribution >= 4 is 16.8 Å². The summed E-state index contributed by atoms with van der Waals surface area (Å²) in [6.45, 7) is 0.418. The quantitative estimate of drug-likeness (QED) is 0.528. The first-order valence-corrected chi connectivity index (χ1v) is 9.57. The molecule has 0 unspecified atom stereocenters. The molecule has 2 aromatic carbocycles. The highest BCUT2D eigenvalue weighted by Crippen LogP contribution is 2.35. The zero-order valence-electron chi connectivity index (χ0n) is 16.2. The lowest BCUT2D eigenvalue weighted by molar-refractivity contribution is -0.121. The molecule has 0 spiro atoms.